The van der Waals surface area contributed by atoms with E-state index in [2.05, 4.69) is 15.4 Å². The third kappa shape index (κ3) is 1.49. The molecule has 1 heterocycles. The van der Waals surface area contributed by atoms with E-state index in [9.17, 15) is 4.79 Å². The fraction of sp³-hybridized carbons (Fsp3) is 0. The van der Waals surface area contributed by atoms with Crippen molar-refractivity contribution in [2.24, 2.45) is 0 Å². The van der Waals surface area contributed by atoms with Crippen LogP contribution in [0.4, 0.5) is 0 Å². The van der Waals surface area contributed by atoms with Gasteiger partial charge in [0.1, 0.15) is 0 Å². The highest BCUT2D eigenvalue weighted by molar-refractivity contribution is 6.33. The highest BCUT2D eigenvalue weighted by Gasteiger charge is 2.12. The first-order valence-electron chi connectivity index (χ1n) is 3.81. The van der Waals surface area contributed by atoms with Gasteiger partial charge in [-0.15, -0.1) is 10.2 Å². The van der Waals surface area contributed by atoms with E-state index >= 15 is 0 Å². The molecule has 0 fully saturated rings. The highest BCUT2D eigenvalue weighted by atomic mass is 35.5. The Labute approximate surface area is 84.3 Å². The molecule has 0 saturated carbocycles. The van der Waals surface area contributed by atoms with Crippen molar-refractivity contribution < 1.29 is 4.79 Å². The van der Waals surface area contributed by atoms with Crippen LogP contribution in [0.15, 0.2) is 30.6 Å². The Morgan fingerprint density at radius 1 is 1.36 bits per heavy atom. The summed E-state index contributed by atoms with van der Waals surface area (Å²) >= 11 is 5.83. The Balaban J connectivity index is 2.42. The van der Waals surface area contributed by atoms with Crippen molar-refractivity contribution in [2.45, 2.75) is 0 Å². The molecule has 0 aliphatic rings. The summed E-state index contributed by atoms with van der Waals surface area (Å²) in [5, 5.41) is 10.9. The molecule has 0 unspecified atom stereocenters. The van der Waals surface area contributed by atoms with Gasteiger partial charge in [-0.1, -0.05) is 28.5 Å². The van der Waals surface area contributed by atoms with E-state index in [4.69, 9.17) is 11.6 Å². The first-order valence-corrected chi connectivity index (χ1v) is 4.19. The van der Waals surface area contributed by atoms with Gasteiger partial charge in [0.05, 0.1) is 10.6 Å². The van der Waals surface area contributed by atoms with Gasteiger partial charge in [0.15, 0.2) is 6.33 Å². The molecule has 6 heteroatoms. The summed E-state index contributed by atoms with van der Waals surface area (Å²) in [4.78, 5) is 12.5. The van der Waals surface area contributed by atoms with Crippen LogP contribution in [0, 0.1) is 0 Å². The van der Waals surface area contributed by atoms with Gasteiger partial charge in [-0.2, -0.15) is 0 Å². The summed E-state index contributed by atoms with van der Waals surface area (Å²) in [6, 6.07) is 6.70. The Morgan fingerprint density at radius 2 is 2.14 bits per heavy atom. The number of benzene rings is 1. The summed E-state index contributed by atoms with van der Waals surface area (Å²) in [7, 11) is 0. The zero-order chi connectivity index (χ0) is 9.97. The van der Waals surface area contributed by atoms with E-state index in [1.807, 2.05) is 0 Å². The molecule has 0 atom stereocenters. The topological polar surface area (TPSA) is 60.7 Å². The van der Waals surface area contributed by atoms with Crippen molar-refractivity contribution in [1.29, 1.82) is 0 Å². The second-order valence-corrected chi connectivity index (χ2v) is 2.92. The first-order chi connectivity index (χ1) is 6.79. The Kier molecular flexibility index (Phi) is 2.24. The number of halogens is 1. The van der Waals surface area contributed by atoms with E-state index in [0.717, 1.165) is 4.80 Å². The van der Waals surface area contributed by atoms with E-state index in [0.29, 0.717) is 10.6 Å². The van der Waals surface area contributed by atoms with Crippen LogP contribution in [0.3, 0.4) is 0 Å². The number of aromatic nitrogens is 4. The fourth-order valence-electron chi connectivity index (χ4n) is 1.00. The maximum Gasteiger partial charge on any atom is 0.298 e. The lowest BCUT2D eigenvalue weighted by Gasteiger charge is -1.99. The molecule has 5 nitrogen and oxygen atoms in total. The van der Waals surface area contributed by atoms with Gasteiger partial charge in [-0.05, 0) is 17.3 Å². The van der Waals surface area contributed by atoms with Gasteiger partial charge in [-0.3, -0.25) is 4.79 Å². The van der Waals surface area contributed by atoms with Crippen LogP contribution in [0.25, 0.3) is 0 Å². The molecule has 0 N–H and O–H groups in total. The Bertz CT molecular complexity index is 454. The number of carbonyl (C=O) groups excluding carboxylic acids is 1. The van der Waals surface area contributed by atoms with Gasteiger partial charge in [0.2, 0.25) is 0 Å². The van der Waals surface area contributed by atoms with Crippen LogP contribution in [-0.2, 0) is 0 Å². The van der Waals surface area contributed by atoms with Crippen LogP contribution in [-0.4, -0.2) is 26.1 Å². The largest absolute Gasteiger partial charge is 0.298 e. The number of nitrogens with zero attached hydrogens (tertiary/aromatic N) is 4. The monoisotopic (exact) mass is 208 g/mol. The van der Waals surface area contributed by atoms with E-state index < -0.39 is 5.91 Å². The molecule has 0 spiro atoms. The zero-order valence-corrected chi connectivity index (χ0v) is 7.72. The summed E-state index contributed by atoms with van der Waals surface area (Å²) in [5.74, 6) is -0.395. The molecule has 70 valence electrons. The normalized spacial score (nSPS) is 10.1. The van der Waals surface area contributed by atoms with E-state index in [1.165, 1.54) is 6.33 Å². The molecular formula is C8H5ClN4O. The molecule has 0 bridgehead atoms. The number of tetrazole rings is 1. The molecule has 1 aromatic heterocycles. The van der Waals surface area contributed by atoms with Crippen LogP contribution < -0.4 is 0 Å². The Hall–Kier alpha value is -1.75. The van der Waals surface area contributed by atoms with E-state index in [1.54, 1.807) is 24.3 Å². The predicted molar refractivity (Wildman–Crippen MR) is 49.0 cm³/mol. The standard InChI is InChI=1S/C8H5ClN4O/c9-7-4-2-1-3-6(7)8(14)13-11-5-10-12-13/h1-5H. The van der Waals surface area contributed by atoms with Crippen molar-refractivity contribution in [3.05, 3.63) is 41.2 Å². The van der Waals surface area contributed by atoms with Gasteiger partial charge in [0.25, 0.3) is 5.91 Å². The lowest BCUT2D eigenvalue weighted by Crippen LogP contribution is -2.15. The molecule has 1 aromatic carbocycles. The van der Waals surface area contributed by atoms with E-state index in [-0.39, 0.29) is 0 Å². The SMILES string of the molecule is O=C(c1ccccc1Cl)n1ncnn1. The molecule has 0 saturated heterocycles. The molecular weight excluding hydrogens is 204 g/mol. The summed E-state index contributed by atoms with van der Waals surface area (Å²) in [6.45, 7) is 0. The quantitative estimate of drug-likeness (QED) is 0.702. The molecule has 2 rings (SSSR count). The lowest BCUT2D eigenvalue weighted by molar-refractivity contribution is 0.0925. The van der Waals surface area contributed by atoms with Crippen LogP contribution in [0.5, 0.6) is 0 Å². The van der Waals surface area contributed by atoms with Crippen molar-refractivity contribution in [3.63, 3.8) is 0 Å². The average Bonchev–Trinajstić information content (AvgIpc) is 2.70. The van der Waals surface area contributed by atoms with Crippen molar-refractivity contribution in [2.75, 3.05) is 0 Å². The smallest absolute Gasteiger partial charge is 0.265 e. The van der Waals surface area contributed by atoms with Crippen molar-refractivity contribution in [3.8, 4) is 0 Å². The Morgan fingerprint density at radius 3 is 2.79 bits per heavy atom. The second-order valence-electron chi connectivity index (χ2n) is 2.51. The fourth-order valence-corrected chi connectivity index (χ4v) is 1.22. The third-order valence-electron chi connectivity index (χ3n) is 1.63. The molecule has 0 amide bonds. The van der Waals surface area contributed by atoms with Gasteiger partial charge < -0.3 is 0 Å². The van der Waals surface area contributed by atoms with Crippen molar-refractivity contribution in [1.82, 2.24) is 20.2 Å². The molecule has 0 radical (unpaired) electrons. The van der Waals surface area contributed by atoms with Crippen molar-refractivity contribution >= 4 is 17.5 Å². The molecule has 0 aliphatic carbocycles. The number of hydrogen-bond donors (Lipinski definition) is 0. The maximum atomic E-state index is 11.6. The average molecular weight is 209 g/mol. The summed E-state index contributed by atoms with van der Waals surface area (Å²) in [6.07, 6.45) is 1.19. The van der Waals surface area contributed by atoms with Gasteiger partial charge >= 0.3 is 0 Å². The number of hydrogen-bond acceptors (Lipinski definition) is 4. The highest BCUT2D eigenvalue weighted by Crippen LogP contribution is 2.15. The second kappa shape index (κ2) is 3.55. The molecule has 0 aliphatic heterocycles. The van der Waals surface area contributed by atoms with Gasteiger partial charge in [0, 0.05) is 0 Å². The van der Waals surface area contributed by atoms with Crippen LogP contribution >= 0.6 is 11.6 Å². The zero-order valence-electron chi connectivity index (χ0n) is 6.96. The van der Waals surface area contributed by atoms with Crippen LogP contribution in [0.2, 0.25) is 5.02 Å². The van der Waals surface area contributed by atoms with Crippen LogP contribution in [0.1, 0.15) is 10.4 Å². The minimum Gasteiger partial charge on any atom is -0.265 e. The summed E-state index contributed by atoms with van der Waals surface area (Å²) in [5.41, 5.74) is 0.354. The number of rotatable bonds is 1. The minimum atomic E-state index is -0.395. The third-order valence-corrected chi connectivity index (χ3v) is 1.96. The first kappa shape index (κ1) is 8.83. The lowest BCUT2D eigenvalue weighted by atomic mass is 10.2. The van der Waals surface area contributed by atoms with Gasteiger partial charge in [-0.25, -0.2) is 0 Å². The predicted octanol–water partition coefficient (Wildman–Crippen LogP) is 1.01. The maximum absolute atomic E-state index is 11.6. The number of carbonyl (C=O) groups is 1. The minimum absolute atomic E-state index is 0.354. The molecule has 14 heavy (non-hydrogen) atoms. The summed E-state index contributed by atoms with van der Waals surface area (Å²) < 4.78 is 0. The molecule has 2 aromatic rings.